The van der Waals surface area contributed by atoms with Gasteiger partial charge in [-0.3, -0.25) is 9.59 Å². The standard InChI is InChI=1S/C19H23NO3/c21-16-12-19(23-17-8-4-3-7-15(16)17)9-10-20(13-19)18(22)11-14-5-1-2-6-14/h3-4,7-8,14H,1-2,5-6,9-13H2. The number of benzene rings is 1. The van der Waals surface area contributed by atoms with Crippen LogP contribution in [0.15, 0.2) is 24.3 Å². The molecule has 1 amide bonds. The molecule has 0 bridgehead atoms. The number of ketones is 1. The van der Waals surface area contributed by atoms with Crippen LogP contribution in [-0.4, -0.2) is 35.3 Å². The highest BCUT2D eigenvalue weighted by Gasteiger charge is 2.46. The largest absolute Gasteiger partial charge is 0.484 e. The fourth-order valence-electron chi connectivity index (χ4n) is 4.32. The van der Waals surface area contributed by atoms with E-state index in [0.29, 0.717) is 43.2 Å². The molecule has 1 aromatic rings. The second-order valence-electron chi connectivity index (χ2n) is 7.30. The second-order valence-corrected chi connectivity index (χ2v) is 7.30. The van der Waals surface area contributed by atoms with Gasteiger partial charge in [-0.1, -0.05) is 25.0 Å². The van der Waals surface area contributed by atoms with Gasteiger partial charge in [-0.15, -0.1) is 0 Å². The molecule has 122 valence electrons. The number of amides is 1. The van der Waals surface area contributed by atoms with E-state index in [1.807, 2.05) is 29.2 Å². The van der Waals surface area contributed by atoms with Crippen LogP contribution in [-0.2, 0) is 4.79 Å². The molecule has 1 saturated heterocycles. The molecular weight excluding hydrogens is 290 g/mol. The Morgan fingerprint density at radius 2 is 2.04 bits per heavy atom. The van der Waals surface area contributed by atoms with Crippen LogP contribution < -0.4 is 4.74 Å². The molecule has 4 rings (SSSR count). The maximum Gasteiger partial charge on any atom is 0.222 e. The molecular formula is C19H23NO3. The second kappa shape index (κ2) is 5.66. The monoisotopic (exact) mass is 313 g/mol. The molecule has 0 N–H and O–H groups in total. The molecule has 2 aliphatic heterocycles. The molecule has 1 atom stereocenters. The Hall–Kier alpha value is -1.84. The number of Topliss-reactive ketones (excluding diaryl/α,β-unsaturated/α-hetero) is 1. The van der Waals surface area contributed by atoms with Crippen molar-refractivity contribution in [1.29, 1.82) is 0 Å². The zero-order valence-electron chi connectivity index (χ0n) is 13.4. The molecule has 4 nitrogen and oxygen atoms in total. The number of rotatable bonds is 2. The van der Waals surface area contributed by atoms with Crippen LogP contribution in [0.4, 0.5) is 0 Å². The molecule has 3 aliphatic rings. The summed E-state index contributed by atoms with van der Waals surface area (Å²) in [5.41, 5.74) is 0.172. The summed E-state index contributed by atoms with van der Waals surface area (Å²) < 4.78 is 6.19. The summed E-state index contributed by atoms with van der Waals surface area (Å²) in [5, 5.41) is 0. The molecule has 4 heteroatoms. The van der Waals surface area contributed by atoms with E-state index in [0.717, 1.165) is 6.42 Å². The van der Waals surface area contributed by atoms with Crippen LogP contribution in [0, 0.1) is 5.92 Å². The number of likely N-dealkylation sites (tertiary alicyclic amines) is 1. The number of fused-ring (bicyclic) bond motifs is 1. The number of carbonyl (C=O) groups is 2. The Kier molecular flexibility index (Phi) is 3.63. The van der Waals surface area contributed by atoms with Crippen LogP contribution in [0.3, 0.4) is 0 Å². The van der Waals surface area contributed by atoms with Gasteiger partial charge >= 0.3 is 0 Å². The molecule has 1 spiro atoms. The number of hydrogen-bond acceptors (Lipinski definition) is 3. The summed E-state index contributed by atoms with van der Waals surface area (Å²) in [6.07, 6.45) is 6.70. The molecule has 1 saturated carbocycles. The quantitative estimate of drug-likeness (QED) is 0.842. The Morgan fingerprint density at radius 1 is 1.26 bits per heavy atom. The van der Waals surface area contributed by atoms with Crippen molar-refractivity contribution in [2.24, 2.45) is 5.92 Å². The van der Waals surface area contributed by atoms with Crippen molar-refractivity contribution in [1.82, 2.24) is 4.90 Å². The molecule has 2 heterocycles. The van der Waals surface area contributed by atoms with E-state index in [2.05, 4.69) is 0 Å². The van der Waals surface area contributed by atoms with Gasteiger partial charge in [0.05, 0.1) is 18.5 Å². The van der Waals surface area contributed by atoms with E-state index in [1.54, 1.807) is 0 Å². The maximum atomic E-state index is 12.5. The first-order chi connectivity index (χ1) is 11.2. The number of nitrogens with zero attached hydrogens (tertiary/aromatic N) is 1. The van der Waals surface area contributed by atoms with Gasteiger partial charge < -0.3 is 9.64 Å². The van der Waals surface area contributed by atoms with Crippen LogP contribution in [0.1, 0.15) is 55.3 Å². The van der Waals surface area contributed by atoms with Crippen molar-refractivity contribution in [3.8, 4) is 5.75 Å². The number of para-hydroxylation sites is 1. The molecule has 0 aromatic heterocycles. The first-order valence-electron chi connectivity index (χ1n) is 8.74. The summed E-state index contributed by atoms with van der Waals surface area (Å²) >= 11 is 0. The van der Waals surface area contributed by atoms with Crippen LogP contribution >= 0.6 is 0 Å². The Balaban J connectivity index is 1.45. The molecule has 1 unspecified atom stereocenters. The minimum Gasteiger partial charge on any atom is -0.484 e. The highest BCUT2D eigenvalue weighted by atomic mass is 16.5. The fourth-order valence-corrected chi connectivity index (χ4v) is 4.32. The zero-order chi connectivity index (χ0) is 15.9. The zero-order valence-corrected chi connectivity index (χ0v) is 13.4. The predicted octanol–water partition coefficient (Wildman–Crippen LogP) is 3.20. The predicted molar refractivity (Wildman–Crippen MR) is 86.5 cm³/mol. The van der Waals surface area contributed by atoms with Gasteiger partial charge in [0.15, 0.2) is 5.78 Å². The van der Waals surface area contributed by atoms with Crippen molar-refractivity contribution in [3.63, 3.8) is 0 Å². The third-order valence-electron chi connectivity index (χ3n) is 5.60. The topological polar surface area (TPSA) is 46.6 Å². The minimum absolute atomic E-state index is 0.136. The van der Waals surface area contributed by atoms with Gasteiger partial charge in [0.25, 0.3) is 0 Å². The first-order valence-corrected chi connectivity index (χ1v) is 8.74. The summed E-state index contributed by atoms with van der Waals surface area (Å²) in [6, 6.07) is 7.44. The van der Waals surface area contributed by atoms with E-state index in [-0.39, 0.29) is 11.7 Å². The highest BCUT2D eigenvalue weighted by molar-refractivity contribution is 6.00. The molecule has 0 radical (unpaired) electrons. The van der Waals surface area contributed by atoms with Gasteiger partial charge in [0.1, 0.15) is 11.4 Å². The lowest BCUT2D eigenvalue weighted by Gasteiger charge is -2.34. The summed E-state index contributed by atoms with van der Waals surface area (Å²) in [5.74, 6) is 1.61. The van der Waals surface area contributed by atoms with Gasteiger partial charge in [0, 0.05) is 19.4 Å². The Bertz CT molecular complexity index is 635. The average Bonchev–Trinajstić information content (AvgIpc) is 3.18. The lowest BCUT2D eigenvalue weighted by atomic mass is 9.89. The van der Waals surface area contributed by atoms with E-state index in [1.165, 1.54) is 25.7 Å². The summed E-state index contributed by atoms with van der Waals surface area (Å²) in [7, 11) is 0. The van der Waals surface area contributed by atoms with E-state index < -0.39 is 5.60 Å². The van der Waals surface area contributed by atoms with Gasteiger partial charge in [0.2, 0.25) is 5.91 Å². The number of carbonyl (C=O) groups excluding carboxylic acids is 2. The highest BCUT2D eigenvalue weighted by Crippen LogP contribution is 2.39. The summed E-state index contributed by atoms with van der Waals surface area (Å²) in [6.45, 7) is 1.26. The maximum absolute atomic E-state index is 12.5. The Labute approximate surface area is 136 Å². The van der Waals surface area contributed by atoms with E-state index in [4.69, 9.17) is 4.74 Å². The lowest BCUT2D eigenvalue weighted by Crippen LogP contribution is -2.45. The number of hydrogen-bond donors (Lipinski definition) is 0. The molecule has 2 fully saturated rings. The van der Waals surface area contributed by atoms with Crippen LogP contribution in [0.2, 0.25) is 0 Å². The van der Waals surface area contributed by atoms with E-state index in [9.17, 15) is 9.59 Å². The van der Waals surface area contributed by atoms with Gasteiger partial charge in [-0.05, 0) is 30.9 Å². The Morgan fingerprint density at radius 3 is 2.87 bits per heavy atom. The van der Waals surface area contributed by atoms with Crippen LogP contribution in [0.25, 0.3) is 0 Å². The normalized spacial score (nSPS) is 27.3. The van der Waals surface area contributed by atoms with E-state index >= 15 is 0 Å². The average molecular weight is 313 g/mol. The third-order valence-corrected chi connectivity index (χ3v) is 5.60. The summed E-state index contributed by atoms with van der Waals surface area (Å²) in [4.78, 5) is 26.9. The van der Waals surface area contributed by atoms with Crippen molar-refractivity contribution >= 4 is 11.7 Å². The van der Waals surface area contributed by atoms with Crippen molar-refractivity contribution in [2.75, 3.05) is 13.1 Å². The minimum atomic E-state index is -0.503. The smallest absolute Gasteiger partial charge is 0.222 e. The third kappa shape index (κ3) is 2.75. The van der Waals surface area contributed by atoms with Crippen molar-refractivity contribution in [3.05, 3.63) is 29.8 Å². The molecule has 23 heavy (non-hydrogen) atoms. The fraction of sp³-hybridized carbons (Fsp3) is 0.579. The van der Waals surface area contributed by atoms with Crippen LogP contribution in [0.5, 0.6) is 5.75 Å². The van der Waals surface area contributed by atoms with Crippen molar-refractivity contribution < 1.29 is 14.3 Å². The van der Waals surface area contributed by atoms with Gasteiger partial charge in [-0.2, -0.15) is 0 Å². The van der Waals surface area contributed by atoms with Crippen molar-refractivity contribution in [2.45, 2.75) is 50.5 Å². The lowest BCUT2D eigenvalue weighted by molar-refractivity contribution is -0.132. The number of ether oxygens (including phenoxy) is 1. The SMILES string of the molecule is O=C1CC2(CCN(C(=O)CC3CCCC3)C2)Oc2ccccc21. The molecule has 1 aliphatic carbocycles. The van der Waals surface area contributed by atoms with Gasteiger partial charge in [-0.25, -0.2) is 0 Å². The first kappa shape index (κ1) is 14.7. The molecule has 1 aromatic carbocycles.